The molecule has 0 atom stereocenters. The van der Waals surface area contributed by atoms with Crippen molar-refractivity contribution in [2.45, 2.75) is 57.9 Å². The van der Waals surface area contributed by atoms with Crippen molar-refractivity contribution in [1.29, 1.82) is 0 Å². The topological polar surface area (TPSA) is 70.7 Å². The van der Waals surface area contributed by atoms with Gasteiger partial charge in [0.25, 0.3) is 0 Å². The minimum Gasteiger partial charge on any atom is -0.494 e. The fourth-order valence-corrected chi connectivity index (χ4v) is 3.72. The van der Waals surface area contributed by atoms with Crippen LogP contribution in [0.15, 0.2) is 54.6 Å². The lowest BCUT2D eigenvalue weighted by molar-refractivity contribution is -0.122. The molecule has 0 aliphatic carbocycles. The van der Waals surface area contributed by atoms with Crippen molar-refractivity contribution in [3.63, 3.8) is 0 Å². The highest BCUT2D eigenvalue weighted by atomic mass is 16.5. The van der Waals surface area contributed by atoms with Gasteiger partial charge in [0.15, 0.2) is 0 Å². The highest BCUT2D eigenvalue weighted by molar-refractivity contribution is 5.89. The van der Waals surface area contributed by atoms with Gasteiger partial charge in [0.1, 0.15) is 5.75 Å². The Morgan fingerprint density at radius 2 is 1.66 bits per heavy atom. The maximum absolute atomic E-state index is 12.4. The molecule has 1 fully saturated rings. The molecule has 2 aromatic rings. The molecule has 2 N–H and O–H groups in total. The van der Waals surface area contributed by atoms with Crippen LogP contribution in [0.4, 0.5) is 10.5 Å². The maximum atomic E-state index is 12.4. The van der Waals surface area contributed by atoms with Crippen LogP contribution < -0.4 is 15.4 Å². The highest BCUT2D eigenvalue weighted by Gasteiger charge is 2.23. The second-order valence-electron chi connectivity index (χ2n) is 9.35. The molecule has 3 amide bonds. The fourth-order valence-electron chi connectivity index (χ4n) is 3.72. The monoisotopic (exact) mass is 437 g/mol. The Balaban J connectivity index is 1.30. The van der Waals surface area contributed by atoms with Gasteiger partial charge in [0.2, 0.25) is 5.91 Å². The molecular formula is C26H35N3O3. The number of anilines is 1. The third-order valence-electron chi connectivity index (χ3n) is 5.71. The number of likely N-dealkylation sites (tertiary alicyclic amines) is 1. The van der Waals surface area contributed by atoms with E-state index >= 15 is 0 Å². The first-order valence-electron chi connectivity index (χ1n) is 11.4. The van der Waals surface area contributed by atoms with Gasteiger partial charge in [-0.1, -0.05) is 51.1 Å². The predicted octanol–water partition coefficient (Wildman–Crippen LogP) is 4.96. The van der Waals surface area contributed by atoms with Crippen molar-refractivity contribution < 1.29 is 14.3 Å². The van der Waals surface area contributed by atoms with E-state index in [0.29, 0.717) is 32.5 Å². The van der Waals surface area contributed by atoms with Gasteiger partial charge in [0.05, 0.1) is 6.61 Å². The first kappa shape index (κ1) is 23.6. The van der Waals surface area contributed by atoms with Crippen molar-refractivity contribution in [3.8, 4) is 5.75 Å². The van der Waals surface area contributed by atoms with Crippen LogP contribution in [0.25, 0.3) is 0 Å². The number of piperidine rings is 1. The van der Waals surface area contributed by atoms with Gasteiger partial charge in [0, 0.05) is 31.2 Å². The van der Waals surface area contributed by atoms with Gasteiger partial charge in [-0.25, -0.2) is 4.79 Å². The Bertz CT molecular complexity index is 867. The normalized spacial score (nSPS) is 14.7. The van der Waals surface area contributed by atoms with E-state index in [4.69, 9.17) is 4.74 Å². The summed E-state index contributed by atoms with van der Waals surface area (Å²) in [6.07, 6.45) is 2.65. The minimum atomic E-state index is -0.0892. The molecule has 1 aliphatic heterocycles. The standard InChI is InChI=1S/C26H35N3O3/c1-26(2,3)20-11-13-23(14-12-20)32-19-7-10-24(30)27-22-15-17-29(18-16-22)25(31)28-21-8-5-4-6-9-21/h4-6,8-9,11-14,22H,7,10,15-19H2,1-3H3,(H,27,30)(H,28,31). The first-order chi connectivity index (χ1) is 15.3. The number of carbonyl (C=O) groups excluding carboxylic acids is 2. The summed E-state index contributed by atoms with van der Waals surface area (Å²) >= 11 is 0. The van der Waals surface area contributed by atoms with E-state index in [1.807, 2.05) is 42.5 Å². The zero-order valence-electron chi connectivity index (χ0n) is 19.4. The van der Waals surface area contributed by atoms with E-state index in [9.17, 15) is 9.59 Å². The number of nitrogens with zero attached hydrogens (tertiary/aromatic N) is 1. The molecule has 2 aromatic carbocycles. The Morgan fingerprint density at radius 1 is 1.00 bits per heavy atom. The average molecular weight is 438 g/mol. The predicted molar refractivity (Wildman–Crippen MR) is 128 cm³/mol. The zero-order valence-corrected chi connectivity index (χ0v) is 19.4. The highest BCUT2D eigenvalue weighted by Crippen LogP contribution is 2.24. The number of ether oxygens (including phenoxy) is 1. The van der Waals surface area contributed by atoms with Crippen LogP contribution in [0.2, 0.25) is 0 Å². The summed E-state index contributed by atoms with van der Waals surface area (Å²) in [5.41, 5.74) is 2.19. The summed E-state index contributed by atoms with van der Waals surface area (Å²) < 4.78 is 5.77. The second kappa shape index (κ2) is 11.0. The van der Waals surface area contributed by atoms with Crippen LogP contribution in [0, 0.1) is 0 Å². The lowest BCUT2D eigenvalue weighted by Crippen LogP contribution is -2.47. The van der Waals surface area contributed by atoms with Gasteiger partial charge in [-0.3, -0.25) is 4.79 Å². The summed E-state index contributed by atoms with van der Waals surface area (Å²) in [5.74, 6) is 0.878. The van der Waals surface area contributed by atoms with E-state index < -0.39 is 0 Å². The third-order valence-corrected chi connectivity index (χ3v) is 5.71. The SMILES string of the molecule is CC(C)(C)c1ccc(OCCCC(=O)NC2CCN(C(=O)Nc3ccccc3)CC2)cc1. The van der Waals surface area contributed by atoms with E-state index in [2.05, 4.69) is 43.5 Å². The second-order valence-corrected chi connectivity index (χ2v) is 9.35. The Kier molecular flexibility index (Phi) is 8.14. The first-order valence-corrected chi connectivity index (χ1v) is 11.4. The van der Waals surface area contributed by atoms with Crippen LogP contribution in [-0.4, -0.2) is 42.6 Å². The zero-order chi connectivity index (χ0) is 23.0. The number of carbonyl (C=O) groups is 2. The van der Waals surface area contributed by atoms with Crippen molar-refractivity contribution >= 4 is 17.6 Å². The summed E-state index contributed by atoms with van der Waals surface area (Å²) in [4.78, 5) is 26.4. The van der Waals surface area contributed by atoms with E-state index in [1.54, 1.807) is 4.90 Å². The molecule has 6 heteroatoms. The van der Waals surface area contributed by atoms with Crippen molar-refractivity contribution in [2.75, 3.05) is 25.0 Å². The Morgan fingerprint density at radius 3 is 2.28 bits per heavy atom. The number of benzene rings is 2. The molecule has 6 nitrogen and oxygen atoms in total. The third kappa shape index (κ3) is 7.29. The van der Waals surface area contributed by atoms with Crippen LogP contribution in [-0.2, 0) is 10.2 Å². The van der Waals surface area contributed by atoms with Crippen LogP contribution >= 0.6 is 0 Å². The van der Waals surface area contributed by atoms with Crippen molar-refractivity contribution in [3.05, 3.63) is 60.2 Å². The number of hydrogen-bond acceptors (Lipinski definition) is 3. The smallest absolute Gasteiger partial charge is 0.321 e. The molecular weight excluding hydrogens is 402 g/mol. The fraction of sp³-hybridized carbons (Fsp3) is 0.462. The number of para-hydroxylation sites is 1. The average Bonchev–Trinajstić information content (AvgIpc) is 2.77. The van der Waals surface area contributed by atoms with Gasteiger partial charge >= 0.3 is 6.03 Å². The van der Waals surface area contributed by atoms with Crippen LogP contribution in [0.3, 0.4) is 0 Å². The molecule has 1 saturated heterocycles. The quantitative estimate of drug-likeness (QED) is 0.602. The molecule has 0 spiro atoms. The van der Waals surface area contributed by atoms with E-state index in [1.165, 1.54) is 5.56 Å². The van der Waals surface area contributed by atoms with Crippen LogP contribution in [0.5, 0.6) is 5.75 Å². The van der Waals surface area contributed by atoms with Crippen molar-refractivity contribution in [1.82, 2.24) is 10.2 Å². The number of hydrogen-bond donors (Lipinski definition) is 2. The molecule has 0 unspecified atom stereocenters. The molecule has 32 heavy (non-hydrogen) atoms. The molecule has 0 aromatic heterocycles. The Hall–Kier alpha value is -3.02. The summed E-state index contributed by atoms with van der Waals surface area (Å²) in [5, 5.41) is 6.01. The minimum absolute atomic E-state index is 0.0452. The Labute approximate surface area is 191 Å². The molecule has 0 saturated carbocycles. The van der Waals surface area contributed by atoms with Gasteiger partial charge < -0.3 is 20.3 Å². The van der Waals surface area contributed by atoms with Crippen LogP contribution in [0.1, 0.15) is 52.0 Å². The number of rotatable bonds is 7. The lowest BCUT2D eigenvalue weighted by Gasteiger charge is -2.32. The molecule has 172 valence electrons. The lowest BCUT2D eigenvalue weighted by atomic mass is 9.87. The number of nitrogens with one attached hydrogen (secondary N) is 2. The largest absolute Gasteiger partial charge is 0.494 e. The number of amides is 3. The summed E-state index contributed by atoms with van der Waals surface area (Å²) in [6, 6.07) is 17.6. The molecule has 1 aliphatic rings. The molecule has 0 radical (unpaired) electrons. The van der Waals surface area contributed by atoms with E-state index in [0.717, 1.165) is 24.3 Å². The summed E-state index contributed by atoms with van der Waals surface area (Å²) in [7, 11) is 0. The summed E-state index contributed by atoms with van der Waals surface area (Å²) in [6.45, 7) is 8.34. The molecule has 0 bridgehead atoms. The van der Waals surface area contributed by atoms with Gasteiger partial charge in [-0.15, -0.1) is 0 Å². The molecule has 1 heterocycles. The number of urea groups is 1. The van der Waals surface area contributed by atoms with Gasteiger partial charge in [-0.2, -0.15) is 0 Å². The van der Waals surface area contributed by atoms with Gasteiger partial charge in [-0.05, 0) is 54.5 Å². The van der Waals surface area contributed by atoms with E-state index in [-0.39, 0.29) is 23.4 Å². The maximum Gasteiger partial charge on any atom is 0.321 e. The molecule has 3 rings (SSSR count). The van der Waals surface area contributed by atoms with Crippen molar-refractivity contribution in [2.24, 2.45) is 0 Å².